The first-order valence-corrected chi connectivity index (χ1v) is 4.62. The van der Waals surface area contributed by atoms with Crippen molar-refractivity contribution in [3.63, 3.8) is 0 Å². The summed E-state index contributed by atoms with van der Waals surface area (Å²) < 4.78 is 0. The van der Waals surface area contributed by atoms with E-state index < -0.39 is 0 Å². The molecule has 1 aliphatic carbocycles. The maximum atomic E-state index is 2.35. The average Bonchev–Trinajstić information content (AvgIpc) is 2.29. The van der Waals surface area contributed by atoms with Gasteiger partial charge in [-0.3, -0.25) is 0 Å². The summed E-state index contributed by atoms with van der Waals surface area (Å²) in [5.74, 6) is 0.803. The third-order valence-corrected chi connectivity index (χ3v) is 2.48. The normalized spacial score (nSPS) is 17.1. The van der Waals surface area contributed by atoms with Crippen molar-refractivity contribution in [1.82, 2.24) is 0 Å². The van der Waals surface area contributed by atoms with Crippen LogP contribution in [0.1, 0.15) is 19.8 Å². The van der Waals surface area contributed by atoms with Gasteiger partial charge in [0.05, 0.1) is 0 Å². The Bertz CT molecular complexity index is 336. The number of hydrogen-bond acceptors (Lipinski definition) is 0. The van der Waals surface area contributed by atoms with Gasteiger partial charge in [0.2, 0.25) is 0 Å². The molecule has 0 fully saturated rings. The molecule has 0 radical (unpaired) electrons. The largest absolute Gasteiger partial charge is 0.0764 e. The van der Waals surface area contributed by atoms with Crippen molar-refractivity contribution in [1.29, 1.82) is 0 Å². The summed E-state index contributed by atoms with van der Waals surface area (Å²) in [6, 6.07) is 8.62. The highest BCUT2D eigenvalue weighted by Gasteiger charge is 1.99. The van der Waals surface area contributed by atoms with Gasteiger partial charge in [0, 0.05) is 0 Å². The van der Waals surface area contributed by atoms with Gasteiger partial charge >= 0.3 is 0 Å². The number of fused-ring (bicyclic) bond motifs is 1. The predicted molar refractivity (Wildman–Crippen MR) is 53.0 cm³/mol. The van der Waals surface area contributed by atoms with Crippen LogP contribution in [0.25, 0.3) is 12.2 Å². The Hall–Kier alpha value is -1.04. The summed E-state index contributed by atoms with van der Waals surface area (Å²) in [6.45, 7) is 2.30. The fraction of sp³-hybridized carbons (Fsp3) is 0.333. The van der Waals surface area contributed by atoms with E-state index in [4.69, 9.17) is 0 Å². The van der Waals surface area contributed by atoms with Gasteiger partial charge in [0.25, 0.3) is 0 Å². The zero-order valence-electron chi connectivity index (χ0n) is 7.46. The van der Waals surface area contributed by atoms with Gasteiger partial charge in [-0.05, 0) is 29.2 Å². The highest BCUT2D eigenvalue weighted by atomic mass is 14.0. The Morgan fingerprint density at radius 1 is 1.00 bits per heavy atom. The lowest BCUT2D eigenvalue weighted by atomic mass is 10.1. The number of benzene rings is 1. The highest BCUT2D eigenvalue weighted by Crippen LogP contribution is 2.09. The fourth-order valence-electron chi connectivity index (χ4n) is 1.64. The van der Waals surface area contributed by atoms with Crippen molar-refractivity contribution in [2.75, 3.05) is 0 Å². The van der Waals surface area contributed by atoms with E-state index in [-0.39, 0.29) is 0 Å². The van der Waals surface area contributed by atoms with Crippen molar-refractivity contribution < 1.29 is 0 Å². The lowest BCUT2D eigenvalue weighted by Crippen LogP contribution is -2.22. The fourth-order valence-corrected chi connectivity index (χ4v) is 1.64. The molecule has 62 valence electrons. The zero-order chi connectivity index (χ0) is 8.39. The van der Waals surface area contributed by atoms with Gasteiger partial charge in [0.15, 0.2) is 0 Å². The topological polar surface area (TPSA) is 0 Å². The van der Waals surface area contributed by atoms with Crippen molar-refractivity contribution in [3.8, 4) is 0 Å². The van der Waals surface area contributed by atoms with Gasteiger partial charge in [-0.2, -0.15) is 0 Å². The molecule has 0 N–H and O–H groups in total. The molecule has 0 bridgehead atoms. The van der Waals surface area contributed by atoms with Crippen LogP contribution in [-0.2, 0) is 0 Å². The summed E-state index contributed by atoms with van der Waals surface area (Å²) in [6.07, 6.45) is 7.13. The quantitative estimate of drug-likeness (QED) is 0.539. The summed E-state index contributed by atoms with van der Waals surface area (Å²) in [7, 11) is 0. The Kier molecular flexibility index (Phi) is 1.99. The summed E-state index contributed by atoms with van der Waals surface area (Å²) in [4.78, 5) is 0. The summed E-state index contributed by atoms with van der Waals surface area (Å²) >= 11 is 0. The molecule has 0 heterocycles. The van der Waals surface area contributed by atoms with E-state index in [9.17, 15) is 0 Å². The molecule has 2 rings (SSSR count). The van der Waals surface area contributed by atoms with Gasteiger partial charge < -0.3 is 0 Å². The molecule has 0 saturated carbocycles. The van der Waals surface area contributed by atoms with Crippen LogP contribution in [0.3, 0.4) is 0 Å². The van der Waals surface area contributed by atoms with Crippen LogP contribution >= 0.6 is 0 Å². The molecule has 0 nitrogen and oxygen atoms in total. The SMILES string of the molecule is CC1CC=c2ccccc2=CC1. The van der Waals surface area contributed by atoms with E-state index in [1.54, 1.807) is 0 Å². The maximum Gasteiger partial charge on any atom is -0.0227 e. The third-order valence-electron chi connectivity index (χ3n) is 2.48. The maximum absolute atomic E-state index is 2.35. The zero-order valence-corrected chi connectivity index (χ0v) is 7.46. The van der Waals surface area contributed by atoms with E-state index in [2.05, 4.69) is 43.3 Å². The predicted octanol–water partition coefficient (Wildman–Crippen LogP) is 1.68. The van der Waals surface area contributed by atoms with Gasteiger partial charge in [-0.25, -0.2) is 0 Å². The molecule has 0 saturated heterocycles. The second-order valence-corrected chi connectivity index (χ2v) is 3.61. The number of hydrogen-bond donors (Lipinski definition) is 0. The minimum absolute atomic E-state index is 0.803. The molecule has 0 unspecified atom stereocenters. The Morgan fingerprint density at radius 3 is 2.00 bits per heavy atom. The van der Waals surface area contributed by atoms with E-state index in [1.807, 2.05) is 0 Å². The molecule has 1 aliphatic rings. The Morgan fingerprint density at radius 2 is 1.50 bits per heavy atom. The van der Waals surface area contributed by atoms with Crippen LogP contribution in [0.2, 0.25) is 0 Å². The van der Waals surface area contributed by atoms with Crippen molar-refractivity contribution in [2.24, 2.45) is 5.92 Å². The molecular weight excluding hydrogens is 144 g/mol. The second-order valence-electron chi connectivity index (χ2n) is 3.61. The molecule has 0 spiro atoms. The molecule has 12 heavy (non-hydrogen) atoms. The van der Waals surface area contributed by atoms with Crippen LogP contribution < -0.4 is 10.4 Å². The molecule has 0 heteroatoms. The highest BCUT2D eigenvalue weighted by molar-refractivity contribution is 5.34. The minimum Gasteiger partial charge on any atom is -0.0764 e. The first-order chi connectivity index (χ1) is 5.86. The van der Waals surface area contributed by atoms with Crippen LogP contribution in [-0.4, -0.2) is 0 Å². The molecule has 1 aromatic carbocycles. The smallest absolute Gasteiger partial charge is 0.0227 e. The van der Waals surface area contributed by atoms with Crippen LogP contribution in [0.5, 0.6) is 0 Å². The average molecular weight is 158 g/mol. The Balaban J connectivity index is 2.61. The van der Waals surface area contributed by atoms with E-state index >= 15 is 0 Å². The summed E-state index contributed by atoms with van der Waals surface area (Å²) in [5.41, 5.74) is 0. The number of rotatable bonds is 0. The third kappa shape index (κ3) is 1.42. The van der Waals surface area contributed by atoms with E-state index in [0.29, 0.717) is 0 Å². The first kappa shape index (κ1) is 7.60. The van der Waals surface area contributed by atoms with Crippen molar-refractivity contribution in [3.05, 3.63) is 34.7 Å². The van der Waals surface area contributed by atoms with E-state index in [1.165, 1.54) is 23.3 Å². The lowest BCUT2D eigenvalue weighted by Gasteiger charge is -2.00. The van der Waals surface area contributed by atoms with Crippen LogP contribution in [0.15, 0.2) is 24.3 Å². The van der Waals surface area contributed by atoms with Crippen molar-refractivity contribution in [2.45, 2.75) is 19.8 Å². The van der Waals surface area contributed by atoms with Crippen molar-refractivity contribution >= 4 is 12.2 Å². The first-order valence-electron chi connectivity index (χ1n) is 4.62. The van der Waals surface area contributed by atoms with E-state index in [0.717, 1.165) is 5.92 Å². The molecule has 1 aromatic rings. The second kappa shape index (κ2) is 3.14. The molecule has 0 amide bonds. The standard InChI is InChI=1S/C12H14/c1-10-6-8-11-4-2-3-5-12(11)9-7-10/h2-5,8-10H,6-7H2,1H3. The molecule has 0 aliphatic heterocycles. The van der Waals surface area contributed by atoms with Crippen LogP contribution in [0, 0.1) is 5.92 Å². The van der Waals surface area contributed by atoms with Gasteiger partial charge in [-0.1, -0.05) is 43.3 Å². The molecule has 0 aromatic heterocycles. The minimum atomic E-state index is 0.803. The monoisotopic (exact) mass is 158 g/mol. The van der Waals surface area contributed by atoms with Gasteiger partial charge in [-0.15, -0.1) is 0 Å². The lowest BCUT2D eigenvalue weighted by molar-refractivity contribution is 0.636. The Labute approximate surface area is 73.2 Å². The van der Waals surface area contributed by atoms with Crippen LogP contribution in [0.4, 0.5) is 0 Å². The molecule has 0 atom stereocenters. The molecular formula is C12H14. The summed E-state index contributed by atoms with van der Waals surface area (Å²) in [5, 5.41) is 2.81. The van der Waals surface area contributed by atoms with Gasteiger partial charge in [0.1, 0.15) is 0 Å².